The molecule has 1 aromatic rings. The van der Waals surface area contributed by atoms with Gasteiger partial charge >= 0.3 is 0 Å². The van der Waals surface area contributed by atoms with E-state index in [0.29, 0.717) is 12.6 Å². The van der Waals surface area contributed by atoms with Crippen LogP contribution in [0.15, 0.2) is 12.3 Å². The third-order valence-electron chi connectivity index (χ3n) is 2.21. The number of aromatic nitrogens is 2. The molecule has 0 bridgehead atoms. The Morgan fingerprint density at radius 2 is 2.31 bits per heavy atom. The highest BCUT2D eigenvalue weighted by Gasteiger charge is 2.07. The highest BCUT2D eigenvalue weighted by atomic mass is 16.5. The van der Waals surface area contributed by atoms with Gasteiger partial charge in [-0.05, 0) is 26.3 Å². The maximum absolute atomic E-state index is 5.35. The first kappa shape index (κ1) is 10.3. The second-order valence-electron chi connectivity index (χ2n) is 3.16. The molecule has 13 heavy (non-hydrogen) atoms. The minimum absolute atomic E-state index is 0.463. The lowest BCUT2D eigenvalue weighted by Gasteiger charge is -2.13. The largest absolute Gasteiger partial charge is 0.375 e. The monoisotopic (exact) mass is 182 g/mol. The fourth-order valence-electron chi connectivity index (χ4n) is 1.23. The summed E-state index contributed by atoms with van der Waals surface area (Å²) >= 11 is 0. The lowest BCUT2D eigenvalue weighted by atomic mass is 10.2. The van der Waals surface area contributed by atoms with Crippen LogP contribution in [0.3, 0.4) is 0 Å². The Morgan fingerprint density at radius 3 is 2.92 bits per heavy atom. The van der Waals surface area contributed by atoms with Crippen LogP contribution in [0.1, 0.15) is 38.9 Å². The van der Waals surface area contributed by atoms with E-state index in [1.54, 1.807) is 0 Å². The Labute approximate surface area is 79.7 Å². The topological polar surface area (TPSA) is 27.1 Å². The molecule has 3 heteroatoms. The molecule has 0 aromatic carbocycles. The lowest BCUT2D eigenvalue weighted by Crippen LogP contribution is -2.10. The molecular formula is C10H18N2O. The lowest BCUT2D eigenvalue weighted by molar-refractivity contribution is 0.126. The quantitative estimate of drug-likeness (QED) is 0.699. The second-order valence-corrected chi connectivity index (χ2v) is 3.16. The van der Waals surface area contributed by atoms with Crippen LogP contribution < -0.4 is 0 Å². The number of rotatable bonds is 5. The maximum Gasteiger partial charge on any atom is 0.0884 e. The molecular weight excluding hydrogens is 164 g/mol. The van der Waals surface area contributed by atoms with Crippen LogP contribution in [0.4, 0.5) is 0 Å². The standard InChI is InChI=1S/C10H18N2O/c1-4-9(3)12-10(6-7-11-12)8-13-5-2/h6-7,9H,4-5,8H2,1-3H3. The van der Waals surface area contributed by atoms with Crippen LogP contribution in [0.5, 0.6) is 0 Å². The van der Waals surface area contributed by atoms with Crippen molar-refractivity contribution in [2.24, 2.45) is 0 Å². The molecule has 0 spiro atoms. The first-order valence-electron chi connectivity index (χ1n) is 4.89. The fourth-order valence-corrected chi connectivity index (χ4v) is 1.23. The molecule has 0 aliphatic rings. The summed E-state index contributed by atoms with van der Waals surface area (Å²) in [5.41, 5.74) is 1.16. The van der Waals surface area contributed by atoms with Crippen LogP contribution in [-0.2, 0) is 11.3 Å². The summed E-state index contributed by atoms with van der Waals surface area (Å²) in [6.45, 7) is 7.76. The Balaban J connectivity index is 2.65. The summed E-state index contributed by atoms with van der Waals surface area (Å²) in [5, 5.41) is 4.28. The number of nitrogens with zero attached hydrogens (tertiary/aromatic N) is 2. The van der Waals surface area contributed by atoms with E-state index in [0.717, 1.165) is 18.7 Å². The molecule has 1 rings (SSSR count). The van der Waals surface area contributed by atoms with Crippen LogP contribution >= 0.6 is 0 Å². The molecule has 0 N–H and O–H groups in total. The molecule has 74 valence electrons. The van der Waals surface area contributed by atoms with Crippen molar-refractivity contribution in [3.63, 3.8) is 0 Å². The zero-order valence-corrected chi connectivity index (χ0v) is 8.66. The molecule has 0 aliphatic carbocycles. The van der Waals surface area contributed by atoms with Gasteiger partial charge in [0.15, 0.2) is 0 Å². The molecule has 0 saturated heterocycles. The molecule has 1 heterocycles. The van der Waals surface area contributed by atoms with Gasteiger partial charge in [0.25, 0.3) is 0 Å². The van der Waals surface area contributed by atoms with Crippen molar-refractivity contribution in [2.75, 3.05) is 6.61 Å². The Bertz CT molecular complexity index is 245. The number of ether oxygens (including phenoxy) is 1. The van der Waals surface area contributed by atoms with Crippen LogP contribution in [0.25, 0.3) is 0 Å². The highest BCUT2D eigenvalue weighted by molar-refractivity contribution is 4.99. The zero-order chi connectivity index (χ0) is 9.68. The zero-order valence-electron chi connectivity index (χ0n) is 8.66. The third-order valence-corrected chi connectivity index (χ3v) is 2.21. The van der Waals surface area contributed by atoms with Gasteiger partial charge < -0.3 is 4.74 Å². The van der Waals surface area contributed by atoms with Crippen LogP contribution in [-0.4, -0.2) is 16.4 Å². The Morgan fingerprint density at radius 1 is 1.54 bits per heavy atom. The molecule has 0 amide bonds. The third kappa shape index (κ3) is 2.56. The van der Waals surface area contributed by atoms with Crippen LogP contribution in [0, 0.1) is 0 Å². The smallest absolute Gasteiger partial charge is 0.0884 e. The van der Waals surface area contributed by atoms with Gasteiger partial charge in [0, 0.05) is 18.8 Å². The summed E-state index contributed by atoms with van der Waals surface area (Å²) in [6, 6.07) is 2.48. The van der Waals surface area contributed by atoms with Gasteiger partial charge in [-0.3, -0.25) is 4.68 Å². The molecule has 0 aliphatic heterocycles. The predicted octanol–water partition coefficient (Wildman–Crippen LogP) is 2.39. The van der Waals surface area contributed by atoms with Gasteiger partial charge in [0.05, 0.1) is 12.3 Å². The minimum Gasteiger partial charge on any atom is -0.375 e. The minimum atomic E-state index is 0.463. The first-order valence-corrected chi connectivity index (χ1v) is 4.89. The van der Waals surface area contributed by atoms with E-state index in [2.05, 4.69) is 18.9 Å². The molecule has 3 nitrogen and oxygen atoms in total. The average Bonchev–Trinajstić information content (AvgIpc) is 2.61. The maximum atomic E-state index is 5.35. The number of hydrogen-bond donors (Lipinski definition) is 0. The van der Waals surface area contributed by atoms with E-state index < -0.39 is 0 Å². The van der Waals surface area contributed by atoms with Gasteiger partial charge in [-0.2, -0.15) is 5.10 Å². The molecule has 0 fully saturated rings. The molecule has 1 aromatic heterocycles. The average molecular weight is 182 g/mol. The van der Waals surface area contributed by atoms with Gasteiger partial charge in [0.1, 0.15) is 0 Å². The van der Waals surface area contributed by atoms with E-state index in [1.165, 1.54) is 0 Å². The van der Waals surface area contributed by atoms with Crippen LogP contribution in [0.2, 0.25) is 0 Å². The SMILES string of the molecule is CCOCc1ccnn1C(C)CC. The van der Waals surface area contributed by atoms with E-state index >= 15 is 0 Å². The van der Waals surface area contributed by atoms with Gasteiger partial charge in [-0.15, -0.1) is 0 Å². The number of hydrogen-bond acceptors (Lipinski definition) is 2. The van der Waals surface area contributed by atoms with Gasteiger partial charge in [-0.25, -0.2) is 0 Å². The summed E-state index contributed by atoms with van der Waals surface area (Å²) in [6.07, 6.45) is 2.93. The van der Waals surface area contributed by atoms with Gasteiger partial charge in [-0.1, -0.05) is 6.92 Å². The van der Waals surface area contributed by atoms with Crippen molar-refractivity contribution >= 4 is 0 Å². The fraction of sp³-hybridized carbons (Fsp3) is 0.700. The molecule has 1 unspecified atom stereocenters. The van der Waals surface area contributed by atoms with Crippen molar-refractivity contribution in [3.8, 4) is 0 Å². The van der Waals surface area contributed by atoms with E-state index in [4.69, 9.17) is 4.74 Å². The van der Waals surface area contributed by atoms with E-state index in [1.807, 2.05) is 23.9 Å². The highest BCUT2D eigenvalue weighted by Crippen LogP contribution is 2.12. The van der Waals surface area contributed by atoms with Crippen molar-refractivity contribution in [3.05, 3.63) is 18.0 Å². The summed E-state index contributed by atoms with van der Waals surface area (Å²) < 4.78 is 7.39. The van der Waals surface area contributed by atoms with Crippen molar-refractivity contribution < 1.29 is 4.74 Å². The predicted molar refractivity (Wildman–Crippen MR) is 52.6 cm³/mol. The van der Waals surface area contributed by atoms with E-state index in [-0.39, 0.29) is 0 Å². The summed E-state index contributed by atoms with van der Waals surface area (Å²) in [7, 11) is 0. The van der Waals surface area contributed by atoms with Crippen molar-refractivity contribution in [1.82, 2.24) is 9.78 Å². The summed E-state index contributed by atoms with van der Waals surface area (Å²) in [4.78, 5) is 0. The first-order chi connectivity index (χ1) is 6.29. The second kappa shape index (κ2) is 5.02. The normalized spacial score (nSPS) is 13.2. The molecule has 0 radical (unpaired) electrons. The Hall–Kier alpha value is -0.830. The Kier molecular flexibility index (Phi) is 3.96. The van der Waals surface area contributed by atoms with Crippen molar-refractivity contribution in [2.45, 2.75) is 39.8 Å². The molecule has 0 saturated carbocycles. The molecule has 1 atom stereocenters. The van der Waals surface area contributed by atoms with E-state index in [9.17, 15) is 0 Å². The summed E-state index contributed by atoms with van der Waals surface area (Å²) in [5.74, 6) is 0. The van der Waals surface area contributed by atoms with Gasteiger partial charge in [0.2, 0.25) is 0 Å². The van der Waals surface area contributed by atoms with Crippen molar-refractivity contribution in [1.29, 1.82) is 0 Å².